The number of likely N-dealkylation sites (N-methyl/N-ethyl adjacent to an activating group) is 1. The molecule has 2 rings (SSSR count). The minimum atomic E-state index is -0.518. The molecule has 0 spiro atoms. The minimum Gasteiger partial charge on any atom is -0.452 e. The van der Waals surface area contributed by atoms with Crippen molar-refractivity contribution in [2.45, 2.75) is 18.9 Å². The lowest BCUT2D eigenvalue weighted by molar-refractivity contribution is -0.888. The largest absolute Gasteiger partial charge is 0.452 e. The first kappa shape index (κ1) is 14.3. The quantitative estimate of drug-likeness (QED) is 0.503. The summed E-state index contributed by atoms with van der Waals surface area (Å²) in [5.41, 5.74) is 0.881. The minimum absolute atomic E-state index is 0.0550. The molecule has 1 saturated heterocycles. The highest BCUT2D eigenvalue weighted by molar-refractivity contribution is 5.97. The lowest BCUT2D eigenvalue weighted by Crippen LogP contribution is -3.11. The number of ether oxygens (including phenoxy) is 1. The van der Waals surface area contributed by atoms with Crippen LogP contribution in [0.3, 0.4) is 0 Å². The van der Waals surface area contributed by atoms with Crippen LogP contribution in [0.15, 0.2) is 35.9 Å². The number of benzene rings is 1. The van der Waals surface area contributed by atoms with Crippen LogP contribution in [0, 0.1) is 11.3 Å². The van der Waals surface area contributed by atoms with E-state index in [-0.39, 0.29) is 11.7 Å². The van der Waals surface area contributed by atoms with Crippen molar-refractivity contribution in [1.29, 1.82) is 5.26 Å². The van der Waals surface area contributed by atoms with Crippen LogP contribution in [-0.2, 0) is 9.53 Å². The summed E-state index contributed by atoms with van der Waals surface area (Å²) in [6, 6.07) is 11.3. The van der Waals surface area contributed by atoms with Gasteiger partial charge in [-0.15, -0.1) is 0 Å². The fraction of sp³-hybridized carbons (Fsp3) is 0.375. The van der Waals surface area contributed by atoms with Crippen LogP contribution in [0.4, 0.5) is 0 Å². The van der Waals surface area contributed by atoms with Gasteiger partial charge in [-0.1, -0.05) is 30.3 Å². The number of hydrogen-bond donors (Lipinski definition) is 1. The number of rotatable bonds is 3. The molecule has 1 unspecified atom stereocenters. The number of carbonyl (C=O) groups excluding carboxylic acids is 1. The summed E-state index contributed by atoms with van der Waals surface area (Å²) in [6.07, 6.45) is 3.42. The highest BCUT2D eigenvalue weighted by Crippen LogP contribution is 2.11. The van der Waals surface area contributed by atoms with Gasteiger partial charge in [0.25, 0.3) is 0 Å². The van der Waals surface area contributed by atoms with Crippen molar-refractivity contribution in [3.05, 3.63) is 41.5 Å². The van der Waals surface area contributed by atoms with Gasteiger partial charge in [-0.25, -0.2) is 4.79 Å². The molecule has 1 heterocycles. The van der Waals surface area contributed by atoms with E-state index in [4.69, 9.17) is 10.00 Å². The van der Waals surface area contributed by atoms with Crippen molar-refractivity contribution in [2.75, 3.05) is 20.1 Å². The summed E-state index contributed by atoms with van der Waals surface area (Å²) in [5.74, 6) is -0.518. The van der Waals surface area contributed by atoms with Gasteiger partial charge in [0, 0.05) is 6.42 Å². The lowest BCUT2D eigenvalue weighted by Gasteiger charge is -2.26. The van der Waals surface area contributed by atoms with Gasteiger partial charge in [0.1, 0.15) is 18.2 Å². The van der Waals surface area contributed by atoms with E-state index in [2.05, 4.69) is 7.05 Å². The molecule has 2 atom stereocenters. The molecule has 1 aromatic carbocycles. The number of quaternary nitrogens is 1. The maximum atomic E-state index is 12.0. The number of carbonyl (C=O) groups is 1. The van der Waals surface area contributed by atoms with E-state index in [1.54, 1.807) is 6.08 Å². The van der Waals surface area contributed by atoms with Crippen LogP contribution < -0.4 is 4.90 Å². The molecule has 0 saturated carbocycles. The Morgan fingerprint density at radius 3 is 2.85 bits per heavy atom. The Labute approximate surface area is 119 Å². The molecular formula is C16H19N2O2+. The van der Waals surface area contributed by atoms with E-state index >= 15 is 0 Å². The smallest absolute Gasteiger partial charge is 0.349 e. The van der Waals surface area contributed by atoms with E-state index < -0.39 is 5.97 Å². The second kappa shape index (κ2) is 6.88. The third-order valence-corrected chi connectivity index (χ3v) is 3.43. The molecule has 4 nitrogen and oxygen atoms in total. The molecule has 1 aliphatic heterocycles. The molecule has 1 aliphatic rings. The van der Waals surface area contributed by atoms with Gasteiger partial charge >= 0.3 is 5.97 Å². The van der Waals surface area contributed by atoms with Gasteiger partial charge < -0.3 is 9.64 Å². The molecule has 1 fully saturated rings. The molecule has 0 radical (unpaired) electrons. The summed E-state index contributed by atoms with van der Waals surface area (Å²) in [6.45, 7) is 1.93. The average molecular weight is 271 g/mol. The molecule has 4 heteroatoms. The van der Waals surface area contributed by atoms with Crippen molar-refractivity contribution in [3.63, 3.8) is 0 Å². The first-order valence-electron chi connectivity index (χ1n) is 6.88. The topological polar surface area (TPSA) is 54.5 Å². The van der Waals surface area contributed by atoms with E-state index in [1.165, 1.54) is 4.90 Å². The van der Waals surface area contributed by atoms with Crippen LogP contribution in [0.5, 0.6) is 0 Å². The molecule has 0 bridgehead atoms. The van der Waals surface area contributed by atoms with Gasteiger partial charge in [0.15, 0.2) is 6.10 Å². The van der Waals surface area contributed by atoms with Gasteiger partial charge in [0.2, 0.25) is 0 Å². The van der Waals surface area contributed by atoms with Crippen LogP contribution in [-0.4, -0.2) is 32.2 Å². The number of piperidine rings is 1. The number of nitrogens with one attached hydrogen (secondary N) is 1. The Hall–Kier alpha value is -2.12. The first-order valence-corrected chi connectivity index (χ1v) is 6.88. The lowest BCUT2D eigenvalue weighted by atomic mass is 10.1. The third kappa shape index (κ3) is 3.94. The SMILES string of the molecule is C[NH+]1CCC[C@H](OC(=O)/C(C#N)=C/c2ccccc2)C1. The summed E-state index contributed by atoms with van der Waals surface area (Å²) in [4.78, 5) is 13.4. The van der Waals surface area contributed by atoms with E-state index in [0.29, 0.717) is 0 Å². The number of nitrogens with zero attached hydrogens (tertiary/aromatic N) is 1. The molecular weight excluding hydrogens is 252 g/mol. The fourth-order valence-corrected chi connectivity index (χ4v) is 2.39. The van der Waals surface area contributed by atoms with Gasteiger partial charge in [0.05, 0.1) is 13.6 Å². The van der Waals surface area contributed by atoms with Crippen molar-refractivity contribution in [1.82, 2.24) is 0 Å². The third-order valence-electron chi connectivity index (χ3n) is 3.43. The Morgan fingerprint density at radius 1 is 1.45 bits per heavy atom. The van der Waals surface area contributed by atoms with E-state index in [9.17, 15) is 4.79 Å². The van der Waals surface area contributed by atoms with Crippen LogP contribution in [0.2, 0.25) is 0 Å². The van der Waals surface area contributed by atoms with Crippen LogP contribution in [0.25, 0.3) is 6.08 Å². The summed E-state index contributed by atoms with van der Waals surface area (Å²) >= 11 is 0. The zero-order chi connectivity index (χ0) is 14.4. The summed E-state index contributed by atoms with van der Waals surface area (Å²) in [5, 5.41) is 9.11. The molecule has 0 aromatic heterocycles. The average Bonchev–Trinajstić information content (AvgIpc) is 2.45. The van der Waals surface area contributed by atoms with Gasteiger partial charge in [-0.2, -0.15) is 5.26 Å². The molecule has 1 aromatic rings. The number of hydrogen-bond acceptors (Lipinski definition) is 3. The van der Waals surface area contributed by atoms with Crippen molar-refractivity contribution in [3.8, 4) is 6.07 Å². The number of nitriles is 1. The molecule has 104 valence electrons. The first-order chi connectivity index (χ1) is 9.69. The molecule has 0 amide bonds. The van der Waals surface area contributed by atoms with Crippen molar-refractivity contribution in [2.24, 2.45) is 0 Å². The fourth-order valence-electron chi connectivity index (χ4n) is 2.39. The Morgan fingerprint density at radius 2 is 2.20 bits per heavy atom. The summed E-state index contributed by atoms with van der Waals surface area (Å²) in [7, 11) is 2.09. The maximum absolute atomic E-state index is 12.0. The monoisotopic (exact) mass is 271 g/mol. The maximum Gasteiger partial charge on any atom is 0.349 e. The standard InChI is InChI=1S/C16H18N2O2/c1-18-9-5-8-15(12-18)20-16(19)14(11-17)10-13-6-3-2-4-7-13/h2-4,6-7,10,15H,5,8-9,12H2,1H3/p+1/b14-10+/t15-/m0/s1. The highest BCUT2D eigenvalue weighted by atomic mass is 16.5. The van der Waals surface area contributed by atoms with Crippen molar-refractivity contribution < 1.29 is 14.4 Å². The van der Waals surface area contributed by atoms with E-state index in [1.807, 2.05) is 36.4 Å². The predicted molar refractivity (Wildman–Crippen MR) is 75.8 cm³/mol. The second-order valence-electron chi connectivity index (χ2n) is 5.16. The van der Waals surface area contributed by atoms with Crippen LogP contribution >= 0.6 is 0 Å². The van der Waals surface area contributed by atoms with Gasteiger partial charge in [-0.05, 0) is 18.1 Å². The molecule has 20 heavy (non-hydrogen) atoms. The molecule has 0 aliphatic carbocycles. The Balaban J connectivity index is 2.03. The zero-order valence-corrected chi connectivity index (χ0v) is 11.6. The normalized spacial score (nSPS) is 22.9. The second-order valence-corrected chi connectivity index (χ2v) is 5.16. The predicted octanol–water partition coefficient (Wildman–Crippen LogP) is 0.814. The summed E-state index contributed by atoms with van der Waals surface area (Å²) < 4.78 is 5.44. The van der Waals surface area contributed by atoms with Crippen LogP contribution in [0.1, 0.15) is 18.4 Å². The molecule has 1 N–H and O–H groups in total. The van der Waals surface area contributed by atoms with Gasteiger partial charge in [-0.3, -0.25) is 0 Å². The number of likely N-dealkylation sites (tertiary alicyclic amines) is 1. The Kier molecular flexibility index (Phi) is 4.91. The highest BCUT2D eigenvalue weighted by Gasteiger charge is 2.25. The number of esters is 1. The van der Waals surface area contributed by atoms with E-state index in [0.717, 1.165) is 31.5 Å². The van der Waals surface area contributed by atoms with Crippen molar-refractivity contribution >= 4 is 12.0 Å². The Bertz CT molecular complexity index is 531. The zero-order valence-electron chi connectivity index (χ0n) is 11.6.